The summed E-state index contributed by atoms with van der Waals surface area (Å²) in [6.07, 6.45) is 4.08. The Morgan fingerprint density at radius 3 is 2.79 bits per heavy atom. The van der Waals surface area contributed by atoms with Crippen molar-refractivity contribution in [3.05, 3.63) is 28.7 Å². The third-order valence-electron chi connectivity index (χ3n) is 4.07. The quantitative estimate of drug-likeness (QED) is 0.720. The molecule has 1 aromatic rings. The largest absolute Gasteiger partial charge is 0.481 e. The van der Waals surface area contributed by atoms with Gasteiger partial charge in [0.15, 0.2) is 6.10 Å². The maximum absolute atomic E-state index is 12.1. The van der Waals surface area contributed by atoms with Crippen LogP contribution in [-0.4, -0.2) is 42.5 Å². The van der Waals surface area contributed by atoms with Gasteiger partial charge in [0.05, 0.1) is 0 Å². The molecule has 2 amide bonds. The van der Waals surface area contributed by atoms with Gasteiger partial charge >= 0.3 is 0 Å². The zero-order valence-electron chi connectivity index (χ0n) is 14.1. The number of hydrogen-bond acceptors (Lipinski definition) is 3. The van der Waals surface area contributed by atoms with Crippen LogP contribution in [0.4, 0.5) is 0 Å². The van der Waals surface area contributed by atoms with Crippen LogP contribution in [-0.2, 0) is 9.59 Å². The SMILES string of the molecule is CC(Oc1ccc(Br)cc1)C(=O)NCCCN1CCCCCC1=O. The lowest BCUT2D eigenvalue weighted by atomic mass is 10.2. The van der Waals surface area contributed by atoms with Crippen molar-refractivity contribution < 1.29 is 14.3 Å². The summed E-state index contributed by atoms with van der Waals surface area (Å²) >= 11 is 3.36. The van der Waals surface area contributed by atoms with E-state index in [9.17, 15) is 9.59 Å². The third-order valence-corrected chi connectivity index (χ3v) is 4.60. The molecule has 1 aliphatic heterocycles. The van der Waals surface area contributed by atoms with E-state index in [4.69, 9.17) is 4.74 Å². The molecule has 0 bridgehead atoms. The Bertz CT molecular complexity index is 548. The van der Waals surface area contributed by atoms with Crippen LogP contribution >= 0.6 is 15.9 Å². The highest BCUT2D eigenvalue weighted by atomic mass is 79.9. The first-order chi connectivity index (χ1) is 11.6. The zero-order valence-corrected chi connectivity index (χ0v) is 15.7. The van der Waals surface area contributed by atoms with E-state index in [2.05, 4.69) is 21.2 Å². The van der Waals surface area contributed by atoms with Crippen molar-refractivity contribution in [2.24, 2.45) is 0 Å². The van der Waals surface area contributed by atoms with Gasteiger partial charge < -0.3 is 15.0 Å². The van der Waals surface area contributed by atoms with Crippen molar-refractivity contribution in [2.75, 3.05) is 19.6 Å². The number of carbonyl (C=O) groups is 2. The van der Waals surface area contributed by atoms with Crippen LogP contribution < -0.4 is 10.1 Å². The van der Waals surface area contributed by atoms with Crippen LogP contribution in [0.3, 0.4) is 0 Å². The molecule has 0 saturated carbocycles. The minimum Gasteiger partial charge on any atom is -0.481 e. The number of amides is 2. The first-order valence-electron chi connectivity index (χ1n) is 8.54. The van der Waals surface area contributed by atoms with E-state index in [1.54, 1.807) is 6.92 Å². The lowest BCUT2D eigenvalue weighted by Crippen LogP contribution is -2.38. The van der Waals surface area contributed by atoms with Gasteiger partial charge in [0.25, 0.3) is 5.91 Å². The standard InChI is InChI=1S/C18H25BrN2O3/c1-14(24-16-9-7-15(19)8-10-16)18(23)20-11-5-13-21-12-4-2-3-6-17(21)22/h7-10,14H,2-6,11-13H2,1H3,(H,20,23). The summed E-state index contributed by atoms with van der Waals surface area (Å²) in [5, 5.41) is 2.87. The van der Waals surface area contributed by atoms with Gasteiger partial charge in [0, 0.05) is 30.5 Å². The van der Waals surface area contributed by atoms with E-state index in [-0.39, 0.29) is 11.8 Å². The van der Waals surface area contributed by atoms with Crippen molar-refractivity contribution in [1.29, 1.82) is 0 Å². The van der Waals surface area contributed by atoms with Gasteiger partial charge in [-0.1, -0.05) is 22.4 Å². The Kier molecular flexibility index (Phi) is 7.56. The minimum absolute atomic E-state index is 0.139. The Balaban J connectivity index is 1.66. The van der Waals surface area contributed by atoms with Gasteiger partial charge in [-0.25, -0.2) is 0 Å². The Labute approximate surface area is 151 Å². The molecule has 1 fully saturated rings. The highest BCUT2D eigenvalue weighted by Crippen LogP contribution is 2.17. The molecule has 1 N–H and O–H groups in total. The molecule has 1 saturated heterocycles. The van der Waals surface area contributed by atoms with E-state index < -0.39 is 6.10 Å². The van der Waals surface area contributed by atoms with Crippen LogP contribution in [0.5, 0.6) is 5.75 Å². The van der Waals surface area contributed by atoms with Gasteiger partial charge in [0.1, 0.15) is 5.75 Å². The Morgan fingerprint density at radius 1 is 1.29 bits per heavy atom. The summed E-state index contributed by atoms with van der Waals surface area (Å²) in [5.74, 6) is 0.766. The lowest BCUT2D eigenvalue weighted by Gasteiger charge is -2.20. The highest BCUT2D eigenvalue weighted by molar-refractivity contribution is 9.10. The van der Waals surface area contributed by atoms with Gasteiger partial charge in [-0.3, -0.25) is 9.59 Å². The molecule has 1 unspecified atom stereocenters. The second kappa shape index (κ2) is 9.67. The summed E-state index contributed by atoms with van der Waals surface area (Å²) in [5.41, 5.74) is 0. The smallest absolute Gasteiger partial charge is 0.260 e. The van der Waals surface area contributed by atoms with Crippen molar-refractivity contribution in [1.82, 2.24) is 10.2 Å². The lowest BCUT2D eigenvalue weighted by molar-refractivity contribution is -0.130. The fourth-order valence-corrected chi connectivity index (χ4v) is 2.94. The fourth-order valence-electron chi connectivity index (χ4n) is 2.67. The molecule has 0 aromatic heterocycles. The molecule has 132 valence electrons. The van der Waals surface area contributed by atoms with Crippen molar-refractivity contribution in [3.8, 4) is 5.75 Å². The first kappa shape index (κ1) is 18.8. The molecule has 1 aliphatic rings. The fraction of sp³-hybridized carbons (Fsp3) is 0.556. The maximum Gasteiger partial charge on any atom is 0.260 e. The van der Waals surface area contributed by atoms with Gasteiger partial charge in [0.2, 0.25) is 5.91 Å². The summed E-state index contributed by atoms with van der Waals surface area (Å²) in [6.45, 7) is 3.84. The minimum atomic E-state index is -0.550. The molecular weight excluding hydrogens is 372 g/mol. The predicted molar refractivity (Wildman–Crippen MR) is 96.9 cm³/mol. The van der Waals surface area contributed by atoms with Crippen LogP contribution in [0.2, 0.25) is 0 Å². The molecule has 5 nitrogen and oxygen atoms in total. The number of carbonyl (C=O) groups excluding carboxylic acids is 2. The molecule has 0 radical (unpaired) electrons. The van der Waals surface area contributed by atoms with E-state index in [0.717, 1.165) is 36.7 Å². The van der Waals surface area contributed by atoms with Crippen LogP contribution in [0.25, 0.3) is 0 Å². The molecule has 6 heteroatoms. The number of nitrogens with zero attached hydrogens (tertiary/aromatic N) is 1. The van der Waals surface area contributed by atoms with Gasteiger partial charge in [-0.05, 0) is 50.5 Å². The van der Waals surface area contributed by atoms with Crippen LogP contribution in [0, 0.1) is 0 Å². The molecule has 0 spiro atoms. The average Bonchev–Trinajstić information content (AvgIpc) is 2.78. The summed E-state index contributed by atoms with van der Waals surface area (Å²) in [4.78, 5) is 25.9. The van der Waals surface area contributed by atoms with Crippen molar-refractivity contribution in [3.63, 3.8) is 0 Å². The van der Waals surface area contributed by atoms with E-state index in [1.165, 1.54) is 0 Å². The van der Waals surface area contributed by atoms with Crippen molar-refractivity contribution in [2.45, 2.75) is 45.1 Å². The molecule has 24 heavy (non-hydrogen) atoms. The molecule has 2 rings (SSSR count). The normalized spacial score (nSPS) is 16.4. The molecule has 1 heterocycles. The second-order valence-corrected chi connectivity index (χ2v) is 6.97. The van der Waals surface area contributed by atoms with E-state index in [0.29, 0.717) is 25.3 Å². The number of likely N-dealkylation sites (tertiary alicyclic amines) is 1. The molecule has 1 aromatic carbocycles. The molecular formula is C18H25BrN2O3. The number of rotatable bonds is 7. The summed E-state index contributed by atoms with van der Waals surface area (Å²) in [6, 6.07) is 7.38. The number of nitrogens with one attached hydrogen (secondary N) is 1. The number of benzene rings is 1. The first-order valence-corrected chi connectivity index (χ1v) is 9.33. The average molecular weight is 397 g/mol. The second-order valence-electron chi connectivity index (χ2n) is 6.05. The van der Waals surface area contributed by atoms with Crippen molar-refractivity contribution >= 4 is 27.7 Å². The summed E-state index contributed by atoms with van der Waals surface area (Å²) < 4.78 is 6.58. The van der Waals surface area contributed by atoms with E-state index >= 15 is 0 Å². The summed E-state index contributed by atoms with van der Waals surface area (Å²) in [7, 11) is 0. The predicted octanol–water partition coefficient (Wildman–Crippen LogP) is 3.13. The topological polar surface area (TPSA) is 58.6 Å². The number of ether oxygens (including phenoxy) is 1. The number of halogens is 1. The number of hydrogen-bond donors (Lipinski definition) is 1. The van der Waals surface area contributed by atoms with Crippen LogP contribution in [0.15, 0.2) is 28.7 Å². The molecule has 1 atom stereocenters. The Morgan fingerprint density at radius 2 is 2.04 bits per heavy atom. The van der Waals surface area contributed by atoms with Gasteiger partial charge in [-0.2, -0.15) is 0 Å². The van der Waals surface area contributed by atoms with Gasteiger partial charge in [-0.15, -0.1) is 0 Å². The highest BCUT2D eigenvalue weighted by Gasteiger charge is 2.17. The molecule has 0 aliphatic carbocycles. The zero-order chi connectivity index (χ0) is 17.4. The Hall–Kier alpha value is -1.56. The van der Waals surface area contributed by atoms with Crippen LogP contribution in [0.1, 0.15) is 39.0 Å². The monoisotopic (exact) mass is 396 g/mol. The third kappa shape index (κ3) is 6.15. The van der Waals surface area contributed by atoms with E-state index in [1.807, 2.05) is 29.2 Å². The maximum atomic E-state index is 12.1.